The minimum atomic E-state index is -0.685. The van der Waals surface area contributed by atoms with Crippen molar-refractivity contribution in [1.29, 1.82) is 0 Å². The number of allylic oxidation sites excluding steroid dienone is 1. The minimum Gasteiger partial charge on any atom is -0.510 e. The number of rotatable bonds is 6. The molecule has 30 heavy (non-hydrogen) atoms. The number of benzene rings is 2. The molecule has 0 radical (unpaired) electrons. The number of methoxy groups -OCH3 is 1. The Labute approximate surface area is 171 Å². The molecule has 1 heterocycles. The van der Waals surface area contributed by atoms with E-state index < -0.39 is 5.91 Å². The number of amides is 1. The third-order valence-corrected chi connectivity index (χ3v) is 4.35. The number of anilines is 1. The van der Waals surface area contributed by atoms with Gasteiger partial charge in [-0.05, 0) is 44.2 Å². The van der Waals surface area contributed by atoms with Gasteiger partial charge in [-0.1, -0.05) is 0 Å². The van der Waals surface area contributed by atoms with E-state index in [1.807, 2.05) is 6.92 Å². The van der Waals surface area contributed by atoms with Crippen LogP contribution in [0.1, 0.15) is 13.8 Å². The number of carbonyl (C=O) groups is 1. The second-order valence-electron chi connectivity index (χ2n) is 6.35. The van der Waals surface area contributed by atoms with Crippen molar-refractivity contribution in [3.63, 3.8) is 0 Å². The number of imidazole rings is 1. The summed E-state index contributed by atoms with van der Waals surface area (Å²) in [6.45, 7) is 3.53. The number of nitrogens with one attached hydrogen (secondary N) is 2. The molecule has 0 aliphatic rings. The summed E-state index contributed by atoms with van der Waals surface area (Å²) in [6.07, 6.45) is 0. The number of carbonyl (C=O) groups excluding carboxylic acids is 1. The second-order valence-corrected chi connectivity index (χ2v) is 6.35. The summed E-state index contributed by atoms with van der Waals surface area (Å²) in [6, 6.07) is 9.43. The van der Waals surface area contributed by atoms with Crippen LogP contribution in [0.25, 0.3) is 11.0 Å². The zero-order valence-corrected chi connectivity index (χ0v) is 16.6. The topological polar surface area (TPSA) is 141 Å². The number of aromatic nitrogens is 2. The molecular formula is C20H21N5O5. The zero-order valence-electron chi connectivity index (χ0n) is 16.6. The van der Waals surface area contributed by atoms with Crippen molar-refractivity contribution in [2.75, 3.05) is 12.4 Å². The Bertz CT molecular complexity index is 1200. The van der Waals surface area contributed by atoms with Crippen molar-refractivity contribution in [1.82, 2.24) is 9.55 Å². The SMILES string of the molecule is CCn1c(=O)[nH]c2cc(N=NC(C(=O)Nc3ccc(OC)cc3)=C(C)O)c(O)cc21. The molecule has 0 spiro atoms. The molecule has 0 aliphatic heterocycles. The molecule has 1 aromatic heterocycles. The predicted octanol–water partition coefficient (Wildman–Crippen LogP) is 3.58. The van der Waals surface area contributed by atoms with E-state index in [4.69, 9.17) is 4.74 Å². The Morgan fingerprint density at radius 1 is 1.27 bits per heavy atom. The van der Waals surface area contributed by atoms with Crippen molar-refractivity contribution in [2.45, 2.75) is 20.4 Å². The maximum absolute atomic E-state index is 12.5. The van der Waals surface area contributed by atoms with Crippen molar-refractivity contribution in [2.24, 2.45) is 10.2 Å². The second kappa shape index (κ2) is 8.52. The van der Waals surface area contributed by atoms with Crippen molar-refractivity contribution >= 4 is 28.3 Å². The maximum atomic E-state index is 12.5. The Morgan fingerprint density at radius 3 is 2.57 bits per heavy atom. The lowest BCUT2D eigenvalue weighted by molar-refractivity contribution is -0.113. The Morgan fingerprint density at radius 2 is 1.97 bits per heavy atom. The molecule has 0 aliphatic carbocycles. The van der Waals surface area contributed by atoms with E-state index in [0.29, 0.717) is 29.0 Å². The number of aromatic amines is 1. The van der Waals surface area contributed by atoms with E-state index in [0.717, 1.165) is 0 Å². The number of aryl methyl sites for hydroxylation is 1. The summed E-state index contributed by atoms with van der Waals surface area (Å²) in [7, 11) is 1.53. The molecular weight excluding hydrogens is 390 g/mol. The highest BCUT2D eigenvalue weighted by atomic mass is 16.5. The van der Waals surface area contributed by atoms with Gasteiger partial charge < -0.3 is 25.3 Å². The highest BCUT2D eigenvalue weighted by Crippen LogP contribution is 2.31. The van der Waals surface area contributed by atoms with Crippen LogP contribution in [0.5, 0.6) is 11.5 Å². The van der Waals surface area contributed by atoms with E-state index in [9.17, 15) is 19.8 Å². The molecule has 4 N–H and O–H groups in total. The summed E-state index contributed by atoms with van der Waals surface area (Å²) in [5.74, 6) is -0.633. The van der Waals surface area contributed by atoms with Crippen LogP contribution in [0.2, 0.25) is 0 Å². The van der Waals surface area contributed by atoms with E-state index in [2.05, 4.69) is 20.5 Å². The fourth-order valence-electron chi connectivity index (χ4n) is 2.83. The zero-order chi connectivity index (χ0) is 21.8. The van der Waals surface area contributed by atoms with Crippen LogP contribution in [-0.2, 0) is 11.3 Å². The van der Waals surface area contributed by atoms with E-state index >= 15 is 0 Å². The van der Waals surface area contributed by atoms with Crippen LogP contribution >= 0.6 is 0 Å². The minimum absolute atomic E-state index is 0.0306. The quantitative estimate of drug-likeness (QED) is 0.279. The lowest BCUT2D eigenvalue weighted by Crippen LogP contribution is -2.14. The predicted molar refractivity (Wildman–Crippen MR) is 111 cm³/mol. The molecule has 0 atom stereocenters. The Hall–Kier alpha value is -4.08. The number of nitrogens with zero attached hydrogens (tertiary/aromatic N) is 3. The van der Waals surface area contributed by atoms with Gasteiger partial charge in [-0.3, -0.25) is 9.36 Å². The van der Waals surface area contributed by atoms with Gasteiger partial charge in [0.1, 0.15) is 22.9 Å². The summed E-state index contributed by atoms with van der Waals surface area (Å²) in [4.78, 5) is 27.1. The fraction of sp³-hybridized carbons (Fsp3) is 0.200. The molecule has 0 saturated carbocycles. The van der Waals surface area contributed by atoms with E-state index in [1.165, 1.54) is 30.7 Å². The van der Waals surface area contributed by atoms with Gasteiger partial charge in [0.2, 0.25) is 0 Å². The summed E-state index contributed by atoms with van der Waals surface area (Å²) < 4.78 is 6.52. The summed E-state index contributed by atoms with van der Waals surface area (Å²) >= 11 is 0. The molecule has 156 valence electrons. The third kappa shape index (κ3) is 4.17. The highest BCUT2D eigenvalue weighted by molar-refractivity contribution is 6.03. The van der Waals surface area contributed by atoms with E-state index in [-0.39, 0.29) is 28.6 Å². The number of hydrogen-bond donors (Lipinski definition) is 4. The largest absolute Gasteiger partial charge is 0.510 e. The van der Waals surface area contributed by atoms with Crippen LogP contribution in [-0.4, -0.2) is 32.8 Å². The Balaban J connectivity index is 1.87. The molecule has 0 saturated heterocycles. The van der Waals surface area contributed by atoms with Gasteiger partial charge in [0.15, 0.2) is 5.70 Å². The van der Waals surface area contributed by atoms with Crippen LogP contribution in [0, 0.1) is 0 Å². The first-order valence-corrected chi connectivity index (χ1v) is 9.06. The number of phenolic OH excluding ortho intramolecular Hbond substituents is 1. The van der Waals surface area contributed by atoms with Gasteiger partial charge >= 0.3 is 5.69 Å². The molecule has 2 aromatic carbocycles. The smallest absolute Gasteiger partial charge is 0.326 e. The van der Waals surface area contributed by atoms with Gasteiger partial charge in [-0.2, -0.15) is 0 Å². The fourth-order valence-corrected chi connectivity index (χ4v) is 2.83. The molecule has 10 heteroatoms. The van der Waals surface area contributed by atoms with E-state index in [1.54, 1.807) is 24.3 Å². The lowest BCUT2D eigenvalue weighted by Gasteiger charge is -2.07. The first kappa shape index (κ1) is 20.6. The Kier molecular flexibility index (Phi) is 5.86. The van der Waals surface area contributed by atoms with Crippen LogP contribution in [0.4, 0.5) is 11.4 Å². The molecule has 1 amide bonds. The van der Waals surface area contributed by atoms with Gasteiger partial charge in [0.25, 0.3) is 5.91 Å². The van der Waals surface area contributed by atoms with Crippen LogP contribution in [0.3, 0.4) is 0 Å². The molecule has 0 unspecified atom stereocenters. The number of azo groups is 1. The number of aliphatic hydroxyl groups excluding tert-OH is 1. The maximum Gasteiger partial charge on any atom is 0.326 e. The molecule has 3 aromatic rings. The number of ether oxygens (including phenoxy) is 1. The molecule has 10 nitrogen and oxygen atoms in total. The normalized spacial score (nSPS) is 12.2. The van der Waals surface area contributed by atoms with Crippen molar-refractivity contribution in [3.8, 4) is 11.5 Å². The number of aliphatic hydroxyl groups is 1. The summed E-state index contributed by atoms with van der Waals surface area (Å²) in [5.41, 5.74) is 0.838. The average molecular weight is 411 g/mol. The summed E-state index contributed by atoms with van der Waals surface area (Å²) in [5, 5.41) is 30.4. The number of aromatic hydroxyl groups is 1. The van der Waals surface area contributed by atoms with Crippen LogP contribution < -0.4 is 15.7 Å². The first-order chi connectivity index (χ1) is 14.3. The first-order valence-electron chi connectivity index (χ1n) is 9.06. The molecule has 0 fully saturated rings. The monoisotopic (exact) mass is 411 g/mol. The van der Waals surface area contributed by atoms with Gasteiger partial charge in [0, 0.05) is 18.3 Å². The number of fused-ring (bicyclic) bond motifs is 1. The molecule has 3 rings (SSSR count). The standard InChI is InChI=1S/C20H21N5O5/c1-4-25-16-10-17(27)15(9-14(16)22-20(25)29)23-24-18(11(2)26)19(28)21-12-5-7-13(30-3)8-6-12/h5-10,26-27H,4H2,1-3H3,(H,21,28)(H,22,29). The number of phenols is 1. The van der Waals surface area contributed by atoms with Gasteiger partial charge in [-0.25, -0.2) is 4.79 Å². The van der Waals surface area contributed by atoms with Crippen LogP contribution in [0.15, 0.2) is 62.9 Å². The third-order valence-electron chi connectivity index (χ3n) is 4.35. The van der Waals surface area contributed by atoms with Crippen molar-refractivity contribution in [3.05, 3.63) is 58.3 Å². The molecule has 0 bridgehead atoms. The van der Waals surface area contributed by atoms with Gasteiger partial charge in [-0.15, -0.1) is 10.2 Å². The number of hydrogen-bond acceptors (Lipinski definition) is 7. The lowest BCUT2D eigenvalue weighted by atomic mass is 10.2. The van der Waals surface area contributed by atoms with Gasteiger partial charge in [0.05, 0.1) is 18.1 Å². The average Bonchev–Trinajstić information content (AvgIpc) is 3.02. The highest BCUT2D eigenvalue weighted by Gasteiger charge is 2.15. The number of H-pyrrole nitrogens is 1. The van der Waals surface area contributed by atoms with Crippen molar-refractivity contribution < 1.29 is 19.7 Å².